The van der Waals surface area contributed by atoms with Crippen molar-refractivity contribution < 1.29 is 19.1 Å². The Hall–Kier alpha value is -2.83. The molecule has 1 N–H and O–H groups in total. The first kappa shape index (κ1) is 18.9. The number of aromatic nitrogens is 2. The molecule has 1 amide bonds. The number of aryl methyl sites for hydroxylation is 1. The zero-order valence-electron chi connectivity index (χ0n) is 15.5. The molecule has 0 spiro atoms. The number of amides is 1. The van der Waals surface area contributed by atoms with Crippen LogP contribution in [0.5, 0.6) is 5.75 Å². The SMILES string of the molecule is COc1ccc(CCC(=O)OCC(=O)Nc2ccnn2C2CCCC2)cc1. The van der Waals surface area contributed by atoms with Gasteiger partial charge in [0.25, 0.3) is 5.91 Å². The van der Waals surface area contributed by atoms with Crippen molar-refractivity contribution in [2.45, 2.75) is 44.6 Å². The van der Waals surface area contributed by atoms with E-state index < -0.39 is 5.97 Å². The highest BCUT2D eigenvalue weighted by molar-refractivity contribution is 5.92. The molecule has 1 aromatic carbocycles. The maximum Gasteiger partial charge on any atom is 0.306 e. The van der Waals surface area contributed by atoms with E-state index in [1.807, 2.05) is 28.9 Å². The number of ether oxygens (including phenoxy) is 2. The molecule has 1 fully saturated rings. The number of benzene rings is 1. The van der Waals surface area contributed by atoms with Crippen LogP contribution in [0.25, 0.3) is 0 Å². The monoisotopic (exact) mass is 371 g/mol. The summed E-state index contributed by atoms with van der Waals surface area (Å²) in [6, 6.07) is 9.61. The fourth-order valence-corrected chi connectivity index (χ4v) is 3.29. The van der Waals surface area contributed by atoms with E-state index in [9.17, 15) is 9.59 Å². The lowest BCUT2D eigenvalue weighted by Crippen LogP contribution is -2.23. The molecule has 0 aliphatic heterocycles. The molecule has 27 heavy (non-hydrogen) atoms. The summed E-state index contributed by atoms with van der Waals surface area (Å²) in [5, 5.41) is 7.09. The van der Waals surface area contributed by atoms with Crippen molar-refractivity contribution in [1.29, 1.82) is 0 Å². The van der Waals surface area contributed by atoms with Crippen LogP contribution in [0.2, 0.25) is 0 Å². The fraction of sp³-hybridized carbons (Fsp3) is 0.450. The quantitative estimate of drug-likeness (QED) is 0.721. The highest BCUT2D eigenvalue weighted by Crippen LogP contribution is 2.31. The fourth-order valence-electron chi connectivity index (χ4n) is 3.29. The number of anilines is 1. The molecule has 1 aromatic heterocycles. The standard InChI is InChI=1S/C20H25N3O4/c1-26-17-9-6-15(7-10-17)8-11-20(25)27-14-19(24)22-18-12-13-21-23(18)16-4-2-3-5-16/h6-7,9-10,12-13,16H,2-5,8,11,14H2,1H3,(H,22,24). The minimum atomic E-state index is -0.398. The first-order chi connectivity index (χ1) is 13.2. The summed E-state index contributed by atoms with van der Waals surface area (Å²) >= 11 is 0. The molecule has 0 bridgehead atoms. The molecule has 1 heterocycles. The molecular weight excluding hydrogens is 346 g/mol. The lowest BCUT2D eigenvalue weighted by atomic mass is 10.1. The van der Waals surface area contributed by atoms with E-state index in [0.29, 0.717) is 18.3 Å². The molecule has 1 saturated carbocycles. The number of esters is 1. The molecule has 3 rings (SSSR count). The first-order valence-corrected chi connectivity index (χ1v) is 9.27. The number of carbonyl (C=O) groups excluding carboxylic acids is 2. The Balaban J connectivity index is 1.41. The van der Waals surface area contributed by atoms with Gasteiger partial charge in [-0.05, 0) is 37.0 Å². The molecular formula is C20H25N3O4. The Kier molecular flexibility index (Phi) is 6.46. The molecule has 0 radical (unpaired) electrons. The van der Waals surface area contributed by atoms with Gasteiger partial charge >= 0.3 is 5.97 Å². The topological polar surface area (TPSA) is 82.4 Å². The maximum atomic E-state index is 12.1. The number of nitrogens with zero attached hydrogens (tertiary/aromatic N) is 2. The molecule has 7 heteroatoms. The van der Waals surface area contributed by atoms with Crippen molar-refractivity contribution in [3.05, 3.63) is 42.1 Å². The van der Waals surface area contributed by atoms with E-state index in [2.05, 4.69) is 10.4 Å². The Bertz CT molecular complexity index is 764. The van der Waals surface area contributed by atoms with Crippen molar-refractivity contribution in [3.8, 4) is 5.75 Å². The highest BCUT2D eigenvalue weighted by Gasteiger charge is 2.20. The van der Waals surface area contributed by atoms with Crippen LogP contribution >= 0.6 is 0 Å². The molecule has 0 unspecified atom stereocenters. The Labute approximate surface area is 158 Å². The maximum absolute atomic E-state index is 12.1. The van der Waals surface area contributed by atoms with Gasteiger partial charge in [0.2, 0.25) is 0 Å². The van der Waals surface area contributed by atoms with Crippen molar-refractivity contribution in [2.24, 2.45) is 0 Å². The normalized spacial score (nSPS) is 14.1. The van der Waals surface area contributed by atoms with E-state index in [-0.39, 0.29) is 18.9 Å². The van der Waals surface area contributed by atoms with Crippen LogP contribution in [0.1, 0.15) is 43.7 Å². The average molecular weight is 371 g/mol. The summed E-state index contributed by atoms with van der Waals surface area (Å²) < 4.78 is 12.0. The van der Waals surface area contributed by atoms with Gasteiger partial charge in [0.1, 0.15) is 11.6 Å². The molecule has 7 nitrogen and oxygen atoms in total. The summed E-state index contributed by atoms with van der Waals surface area (Å²) in [6.45, 7) is -0.294. The zero-order valence-corrected chi connectivity index (χ0v) is 15.5. The second-order valence-corrected chi connectivity index (χ2v) is 6.66. The van der Waals surface area contributed by atoms with Gasteiger partial charge in [0.05, 0.1) is 19.3 Å². The van der Waals surface area contributed by atoms with Crippen molar-refractivity contribution >= 4 is 17.7 Å². The Morgan fingerprint density at radius 1 is 1.19 bits per heavy atom. The van der Waals surface area contributed by atoms with Crippen LogP contribution in [-0.4, -0.2) is 35.4 Å². The van der Waals surface area contributed by atoms with Crippen LogP contribution in [-0.2, 0) is 20.7 Å². The van der Waals surface area contributed by atoms with Crippen LogP contribution in [0.15, 0.2) is 36.5 Å². The van der Waals surface area contributed by atoms with Gasteiger partial charge < -0.3 is 14.8 Å². The number of hydrogen-bond donors (Lipinski definition) is 1. The van der Waals surface area contributed by atoms with E-state index in [4.69, 9.17) is 9.47 Å². The second kappa shape index (κ2) is 9.21. The van der Waals surface area contributed by atoms with Crippen molar-refractivity contribution in [2.75, 3.05) is 19.0 Å². The van der Waals surface area contributed by atoms with E-state index in [0.717, 1.165) is 24.2 Å². The smallest absolute Gasteiger partial charge is 0.306 e. The minimum Gasteiger partial charge on any atom is -0.497 e. The third-order valence-corrected chi connectivity index (χ3v) is 4.75. The van der Waals surface area contributed by atoms with Gasteiger partial charge in [-0.1, -0.05) is 25.0 Å². The largest absolute Gasteiger partial charge is 0.497 e. The van der Waals surface area contributed by atoms with Gasteiger partial charge in [0, 0.05) is 12.5 Å². The number of nitrogens with one attached hydrogen (secondary N) is 1. The number of carbonyl (C=O) groups is 2. The van der Waals surface area contributed by atoms with Gasteiger partial charge in [-0.15, -0.1) is 0 Å². The van der Waals surface area contributed by atoms with Gasteiger partial charge in [-0.3, -0.25) is 9.59 Å². The lowest BCUT2D eigenvalue weighted by molar-refractivity contribution is -0.147. The van der Waals surface area contributed by atoms with Crippen molar-refractivity contribution in [1.82, 2.24) is 9.78 Å². The molecule has 1 aliphatic carbocycles. The van der Waals surface area contributed by atoms with Gasteiger partial charge in [-0.2, -0.15) is 5.10 Å². The van der Waals surface area contributed by atoms with Crippen LogP contribution in [0.3, 0.4) is 0 Å². The summed E-state index contributed by atoms with van der Waals surface area (Å²) in [5.41, 5.74) is 1.01. The van der Waals surface area contributed by atoms with Crippen LogP contribution < -0.4 is 10.1 Å². The Morgan fingerprint density at radius 2 is 1.93 bits per heavy atom. The molecule has 1 aliphatic rings. The number of methoxy groups -OCH3 is 1. The van der Waals surface area contributed by atoms with E-state index in [1.165, 1.54) is 12.8 Å². The molecule has 0 saturated heterocycles. The lowest BCUT2D eigenvalue weighted by Gasteiger charge is -2.14. The van der Waals surface area contributed by atoms with E-state index in [1.54, 1.807) is 19.4 Å². The summed E-state index contributed by atoms with van der Waals surface area (Å²) in [7, 11) is 1.61. The van der Waals surface area contributed by atoms with E-state index >= 15 is 0 Å². The highest BCUT2D eigenvalue weighted by atomic mass is 16.5. The van der Waals surface area contributed by atoms with Crippen LogP contribution in [0.4, 0.5) is 5.82 Å². The third-order valence-electron chi connectivity index (χ3n) is 4.75. The van der Waals surface area contributed by atoms with Crippen LogP contribution in [0, 0.1) is 0 Å². The summed E-state index contributed by atoms with van der Waals surface area (Å²) in [6.07, 6.45) is 6.97. The minimum absolute atomic E-state index is 0.222. The zero-order chi connectivity index (χ0) is 19.1. The molecule has 2 aromatic rings. The number of rotatable bonds is 8. The summed E-state index contributed by atoms with van der Waals surface area (Å²) in [5.74, 6) is 0.675. The third kappa shape index (κ3) is 5.32. The predicted molar refractivity (Wildman–Crippen MR) is 101 cm³/mol. The molecule has 0 atom stereocenters. The molecule has 144 valence electrons. The first-order valence-electron chi connectivity index (χ1n) is 9.27. The number of hydrogen-bond acceptors (Lipinski definition) is 5. The average Bonchev–Trinajstić information content (AvgIpc) is 3.36. The predicted octanol–water partition coefficient (Wildman–Crippen LogP) is 3.12. The van der Waals surface area contributed by atoms with Gasteiger partial charge in [-0.25, -0.2) is 4.68 Å². The Morgan fingerprint density at radius 3 is 2.63 bits per heavy atom. The van der Waals surface area contributed by atoms with Gasteiger partial charge in [0.15, 0.2) is 6.61 Å². The van der Waals surface area contributed by atoms with Crippen molar-refractivity contribution in [3.63, 3.8) is 0 Å². The summed E-state index contributed by atoms with van der Waals surface area (Å²) in [4.78, 5) is 24.0. The second-order valence-electron chi connectivity index (χ2n) is 6.66.